The van der Waals surface area contributed by atoms with Gasteiger partial charge in [-0.1, -0.05) is 26.0 Å². The Balaban J connectivity index is 2.88. The number of benzene rings is 1. The Morgan fingerprint density at radius 1 is 1.13 bits per heavy atom. The minimum absolute atomic E-state index is 0.121. The van der Waals surface area contributed by atoms with E-state index in [0.29, 0.717) is 11.0 Å². The largest absolute Gasteiger partial charge is 0.461 e. The minimum atomic E-state index is 0.121. The molecule has 15 heavy (non-hydrogen) atoms. The molecule has 0 spiro atoms. The lowest BCUT2D eigenvalue weighted by atomic mass is 10.1. The summed E-state index contributed by atoms with van der Waals surface area (Å²) in [6, 6.07) is 7.41. The zero-order chi connectivity index (χ0) is 10.8. The molecule has 0 amide bonds. The number of hydrogen-bond acceptors (Lipinski definition) is 2. The summed E-state index contributed by atoms with van der Waals surface area (Å²) in [6.45, 7) is 3.99. The third-order valence-electron chi connectivity index (χ3n) is 2.65. The van der Waals surface area contributed by atoms with Crippen molar-refractivity contribution in [2.75, 3.05) is 0 Å². The Labute approximate surface area is 88.5 Å². The molecule has 0 fully saturated rings. The van der Waals surface area contributed by atoms with Crippen molar-refractivity contribution in [1.29, 1.82) is 0 Å². The van der Waals surface area contributed by atoms with E-state index in [-0.39, 0.29) is 5.43 Å². The van der Waals surface area contributed by atoms with Crippen LogP contribution in [0.4, 0.5) is 0 Å². The molecule has 1 aromatic heterocycles. The lowest BCUT2D eigenvalue weighted by Crippen LogP contribution is -2.11. The molecule has 0 saturated carbocycles. The van der Waals surface area contributed by atoms with Gasteiger partial charge in [-0.15, -0.1) is 0 Å². The van der Waals surface area contributed by atoms with Crippen LogP contribution in [0.2, 0.25) is 0 Å². The molecule has 0 bridgehead atoms. The molecule has 0 aliphatic heterocycles. The first-order valence-corrected chi connectivity index (χ1v) is 5.31. The Kier molecular flexibility index (Phi) is 2.58. The monoisotopic (exact) mass is 202 g/mol. The molecule has 2 heteroatoms. The highest BCUT2D eigenvalue weighted by atomic mass is 16.3. The Bertz CT molecular complexity index is 538. The van der Waals surface area contributed by atoms with E-state index >= 15 is 0 Å². The van der Waals surface area contributed by atoms with E-state index in [4.69, 9.17) is 4.42 Å². The molecule has 2 nitrogen and oxygen atoms in total. The van der Waals surface area contributed by atoms with Crippen molar-refractivity contribution in [1.82, 2.24) is 0 Å². The number of para-hydroxylation sites is 1. The minimum Gasteiger partial charge on any atom is -0.461 e. The molecule has 0 atom stereocenters. The maximum absolute atomic E-state index is 12.1. The van der Waals surface area contributed by atoms with Crippen LogP contribution in [-0.2, 0) is 12.8 Å². The predicted octanol–water partition coefficient (Wildman–Crippen LogP) is 2.92. The van der Waals surface area contributed by atoms with Gasteiger partial charge in [0.15, 0.2) is 5.43 Å². The Morgan fingerprint density at radius 2 is 1.87 bits per heavy atom. The first-order chi connectivity index (χ1) is 7.27. The predicted molar refractivity (Wildman–Crippen MR) is 61.2 cm³/mol. The fourth-order valence-corrected chi connectivity index (χ4v) is 1.87. The van der Waals surface area contributed by atoms with Gasteiger partial charge in [-0.25, -0.2) is 0 Å². The van der Waals surface area contributed by atoms with Crippen LogP contribution >= 0.6 is 0 Å². The molecule has 0 radical (unpaired) electrons. The van der Waals surface area contributed by atoms with Crippen LogP contribution in [0.25, 0.3) is 11.0 Å². The van der Waals surface area contributed by atoms with E-state index in [1.165, 1.54) is 0 Å². The molecule has 2 aromatic rings. The van der Waals surface area contributed by atoms with Crippen LogP contribution in [0, 0.1) is 0 Å². The second kappa shape index (κ2) is 3.89. The normalized spacial score (nSPS) is 10.8. The van der Waals surface area contributed by atoms with E-state index < -0.39 is 0 Å². The third-order valence-corrected chi connectivity index (χ3v) is 2.65. The van der Waals surface area contributed by atoms with Gasteiger partial charge in [-0.2, -0.15) is 0 Å². The Morgan fingerprint density at radius 3 is 2.53 bits per heavy atom. The van der Waals surface area contributed by atoms with Gasteiger partial charge in [0, 0.05) is 12.0 Å². The molecule has 2 rings (SSSR count). The maximum atomic E-state index is 12.1. The summed E-state index contributed by atoms with van der Waals surface area (Å²) in [6.07, 6.45) is 1.50. The van der Waals surface area contributed by atoms with Gasteiger partial charge in [-0.05, 0) is 18.6 Å². The zero-order valence-electron chi connectivity index (χ0n) is 9.04. The molecule has 0 saturated heterocycles. The highest BCUT2D eigenvalue weighted by Gasteiger charge is 2.10. The smallest absolute Gasteiger partial charge is 0.196 e. The second-order valence-electron chi connectivity index (χ2n) is 3.54. The van der Waals surface area contributed by atoms with Crippen LogP contribution in [0.3, 0.4) is 0 Å². The van der Waals surface area contributed by atoms with Crippen molar-refractivity contribution >= 4 is 11.0 Å². The first-order valence-electron chi connectivity index (χ1n) is 5.31. The average Bonchev–Trinajstić information content (AvgIpc) is 2.29. The number of rotatable bonds is 2. The van der Waals surface area contributed by atoms with Gasteiger partial charge < -0.3 is 4.42 Å². The van der Waals surface area contributed by atoms with Crippen LogP contribution in [0.1, 0.15) is 25.2 Å². The van der Waals surface area contributed by atoms with Crippen LogP contribution in [0.15, 0.2) is 33.5 Å². The summed E-state index contributed by atoms with van der Waals surface area (Å²) in [5.41, 5.74) is 1.63. The van der Waals surface area contributed by atoms with Crippen molar-refractivity contribution in [3.05, 3.63) is 45.8 Å². The van der Waals surface area contributed by atoms with Crippen LogP contribution in [0.5, 0.6) is 0 Å². The highest BCUT2D eigenvalue weighted by molar-refractivity contribution is 5.77. The number of fused-ring (bicyclic) bond motifs is 1. The summed E-state index contributed by atoms with van der Waals surface area (Å²) in [5.74, 6) is 0.821. The van der Waals surface area contributed by atoms with Gasteiger partial charge in [0.05, 0.1) is 5.39 Å². The molecule has 1 aromatic carbocycles. The molecule has 0 N–H and O–H groups in total. The maximum Gasteiger partial charge on any atom is 0.196 e. The highest BCUT2D eigenvalue weighted by Crippen LogP contribution is 2.16. The van der Waals surface area contributed by atoms with Gasteiger partial charge in [0.1, 0.15) is 11.3 Å². The van der Waals surface area contributed by atoms with E-state index in [0.717, 1.165) is 24.2 Å². The van der Waals surface area contributed by atoms with Crippen molar-refractivity contribution in [2.24, 2.45) is 0 Å². The van der Waals surface area contributed by atoms with Gasteiger partial charge in [0.2, 0.25) is 0 Å². The molecule has 1 heterocycles. The fraction of sp³-hybridized carbons (Fsp3) is 0.308. The summed E-state index contributed by atoms with van der Waals surface area (Å²) in [5, 5.41) is 0.687. The first kappa shape index (κ1) is 9.97. The Hall–Kier alpha value is -1.57. The molecular formula is C13H14O2. The lowest BCUT2D eigenvalue weighted by molar-refractivity contribution is 0.533. The quantitative estimate of drug-likeness (QED) is 0.749. The topological polar surface area (TPSA) is 30.2 Å². The summed E-state index contributed by atoms with van der Waals surface area (Å²) < 4.78 is 5.71. The number of aryl methyl sites for hydroxylation is 1. The van der Waals surface area contributed by atoms with E-state index in [1.54, 1.807) is 0 Å². The SMILES string of the molecule is CCc1oc2ccccc2c(=O)c1CC. The molecule has 0 unspecified atom stereocenters. The lowest BCUT2D eigenvalue weighted by Gasteiger charge is -2.05. The number of hydrogen-bond donors (Lipinski definition) is 0. The zero-order valence-corrected chi connectivity index (χ0v) is 9.04. The fourth-order valence-electron chi connectivity index (χ4n) is 1.87. The van der Waals surface area contributed by atoms with Crippen LogP contribution < -0.4 is 5.43 Å². The van der Waals surface area contributed by atoms with E-state index in [2.05, 4.69) is 0 Å². The van der Waals surface area contributed by atoms with Gasteiger partial charge >= 0.3 is 0 Å². The van der Waals surface area contributed by atoms with Gasteiger partial charge in [0.25, 0.3) is 0 Å². The van der Waals surface area contributed by atoms with Crippen molar-refractivity contribution in [3.63, 3.8) is 0 Å². The van der Waals surface area contributed by atoms with Crippen molar-refractivity contribution in [3.8, 4) is 0 Å². The second-order valence-corrected chi connectivity index (χ2v) is 3.54. The van der Waals surface area contributed by atoms with Crippen LogP contribution in [-0.4, -0.2) is 0 Å². The average molecular weight is 202 g/mol. The standard InChI is InChI=1S/C13H14O2/c1-3-9-11(4-2)15-12-8-6-5-7-10(12)13(9)14/h5-8H,3-4H2,1-2H3. The summed E-state index contributed by atoms with van der Waals surface area (Å²) >= 11 is 0. The van der Waals surface area contributed by atoms with Crippen molar-refractivity contribution in [2.45, 2.75) is 26.7 Å². The van der Waals surface area contributed by atoms with Crippen molar-refractivity contribution < 1.29 is 4.42 Å². The molecular weight excluding hydrogens is 188 g/mol. The summed E-state index contributed by atoms with van der Waals surface area (Å²) in [4.78, 5) is 12.1. The van der Waals surface area contributed by atoms with E-state index in [1.807, 2.05) is 38.1 Å². The summed E-state index contributed by atoms with van der Waals surface area (Å²) in [7, 11) is 0. The van der Waals surface area contributed by atoms with Gasteiger partial charge in [-0.3, -0.25) is 4.79 Å². The third kappa shape index (κ3) is 1.56. The molecule has 0 aliphatic rings. The molecule has 78 valence electrons. The molecule has 0 aliphatic carbocycles. The van der Waals surface area contributed by atoms with E-state index in [9.17, 15) is 4.79 Å².